The minimum Gasteiger partial charge on any atom is -0.377 e. The van der Waals surface area contributed by atoms with Crippen molar-refractivity contribution in [1.29, 1.82) is 0 Å². The molecule has 1 heterocycles. The SMILES string of the molecule is CC(C)OCC(N)c1noc(-c2c(F)cc(F)cc2F)n1. The topological polar surface area (TPSA) is 74.2 Å². The van der Waals surface area contributed by atoms with E-state index in [1.165, 1.54) is 0 Å². The van der Waals surface area contributed by atoms with Gasteiger partial charge < -0.3 is 15.0 Å². The standard InChI is InChI=1S/C13H14F3N3O2/c1-6(2)20-5-10(17)12-18-13(21-19-12)11-8(15)3-7(14)4-9(11)16/h3-4,6,10H,5,17H2,1-2H3. The first-order chi connectivity index (χ1) is 9.88. The number of aromatic nitrogens is 2. The second-order valence-corrected chi connectivity index (χ2v) is 4.69. The van der Waals surface area contributed by atoms with Crippen molar-refractivity contribution in [2.45, 2.75) is 26.0 Å². The Balaban J connectivity index is 2.24. The van der Waals surface area contributed by atoms with Crippen LogP contribution in [0, 0.1) is 17.5 Å². The van der Waals surface area contributed by atoms with Gasteiger partial charge in [0.25, 0.3) is 5.89 Å². The molecule has 0 saturated heterocycles. The zero-order valence-corrected chi connectivity index (χ0v) is 11.4. The van der Waals surface area contributed by atoms with Gasteiger partial charge in [-0.2, -0.15) is 4.98 Å². The van der Waals surface area contributed by atoms with Crippen LogP contribution in [0.2, 0.25) is 0 Å². The van der Waals surface area contributed by atoms with E-state index >= 15 is 0 Å². The quantitative estimate of drug-likeness (QED) is 0.918. The van der Waals surface area contributed by atoms with Gasteiger partial charge in [-0.25, -0.2) is 13.2 Å². The molecule has 5 nitrogen and oxygen atoms in total. The first kappa shape index (κ1) is 15.5. The molecule has 1 aromatic carbocycles. The normalized spacial score (nSPS) is 12.9. The van der Waals surface area contributed by atoms with Crippen LogP contribution in [0.25, 0.3) is 11.5 Å². The molecule has 2 N–H and O–H groups in total. The average Bonchev–Trinajstić information content (AvgIpc) is 2.84. The Morgan fingerprint density at radius 1 is 1.24 bits per heavy atom. The Hall–Kier alpha value is -1.93. The van der Waals surface area contributed by atoms with Crippen molar-refractivity contribution in [3.63, 3.8) is 0 Å². The molecule has 1 atom stereocenters. The molecule has 8 heteroatoms. The summed E-state index contributed by atoms with van der Waals surface area (Å²) in [5, 5.41) is 3.56. The highest BCUT2D eigenvalue weighted by atomic mass is 19.1. The smallest absolute Gasteiger partial charge is 0.263 e. The summed E-state index contributed by atoms with van der Waals surface area (Å²) in [5.74, 6) is -3.64. The van der Waals surface area contributed by atoms with E-state index < -0.39 is 34.9 Å². The summed E-state index contributed by atoms with van der Waals surface area (Å²) in [5.41, 5.74) is 5.19. The largest absolute Gasteiger partial charge is 0.377 e. The molecule has 0 radical (unpaired) electrons. The predicted octanol–water partition coefficient (Wildman–Crippen LogP) is 2.58. The predicted molar refractivity (Wildman–Crippen MR) is 67.6 cm³/mol. The molecule has 0 amide bonds. The zero-order chi connectivity index (χ0) is 15.6. The van der Waals surface area contributed by atoms with Crippen LogP contribution < -0.4 is 5.73 Å². The van der Waals surface area contributed by atoms with Gasteiger partial charge in [-0.05, 0) is 13.8 Å². The number of nitrogens with zero attached hydrogens (tertiary/aromatic N) is 2. The third kappa shape index (κ3) is 3.59. The van der Waals surface area contributed by atoms with Gasteiger partial charge in [-0.3, -0.25) is 0 Å². The van der Waals surface area contributed by atoms with Crippen LogP contribution in [0.5, 0.6) is 0 Å². The second-order valence-electron chi connectivity index (χ2n) is 4.69. The van der Waals surface area contributed by atoms with Gasteiger partial charge in [0.1, 0.15) is 23.0 Å². The minimum absolute atomic E-state index is 0.0330. The number of nitrogens with two attached hydrogens (primary N) is 1. The minimum atomic E-state index is -1.13. The lowest BCUT2D eigenvalue weighted by molar-refractivity contribution is 0.0665. The molecule has 114 valence electrons. The van der Waals surface area contributed by atoms with Gasteiger partial charge in [-0.15, -0.1) is 0 Å². The van der Waals surface area contributed by atoms with Crippen LogP contribution in [0.3, 0.4) is 0 Å². The lowest BCUT2D eigenvalue weighted by Gasteiger charge is -2.10. The van der Waals surface area contributed by atoms with Gasteiger partial charge in [0.05, 0.1) is 18.8 Å². The summed E-state index contributed by atoms with van der Waals surface area (Å²) in [6, 6.07) is 0.366. The van der Waals surface area contributed by atoms with E-state index in [0.29, 0.717) is 12.1 Å². The first-order valence-corrected chi connectivity index (χ1v) is 6.24. The highest BCUT2D eigenvalue weighted by molar-refractivity contribution is 5.54. The Kier molecular flexibility index (Phi) is 4.59. The fourth-order valence-electron chi connectivity index (χ4n) is 1.60. The number of hydrogen-bond acceptors (Lipinski definition) is 5. The van der Waals surface area contributed by atoms with E-state index in [-0.39, 0.29) is 18.5 Å². The highest BCUT2D eigenvalue weighted by Gasteiger charge is 2.22. The number of halogens is 3. The molecular formula is C13H14F3N3O2. The molecule has 0 bridgehead atoms. The Morgan fingerprint density at radius 3 is 2.43 bits per heavy atom. The van der Waals surface area contributed by atoms with Gasteiger partial charge in [0.2, 0.25) is 0 Å². The molecule has 0 aliphatic rings. The summed E-state index contributed by atoms with van der Waals surface area (Å²) in [6.07, 6.45) is -0.0330. The molecular weight excluding hydrogens is 287 g/mol. The molecule has 21 heavy (non-hydrogen) atoms. The third-order valence-corrected chi connectivity index (χ3v) is 2.60. The molecule has 1 aromatic heterocycles. The Bertz CT molecular complexity index is 608. The van der Waals surface area contributed by atoms with Crippen molar-refractivity contribution in [2.24, 2.45) is 5.73 Å². The lowest BCUT2D eigenvalue weighted by atomic mass is 10.2. The fourth-order valence-corrected chi connectivity index (χ4v) is 1.60. The molecule has 0 aliphatic carbocycles. The lowest BCUT2D eigenvalue weighted by Crippen LogP contribution is -2.20. The molecule has 2 aromatic rings. The average molecular weight is 301 g/mol. The summed E-state index contributed by atoms with van der Waals surface area (Å²) in [7, 11) is 0. The zero-order valence-electron chi connectivity index (χ0n) is 11.4. The van der Waals surface area contributed by atoms with Gasteiger partial charge in [0, 0.05) is 12.1 Å². The number of hydrogen-bond donors (Lipinski definition) is 1. The van der Waals surface area contributed by atoms with E-state index in [9.17, 15) is 13.2 Å². The van der Waals surface area contributed by atoms with Crippen LogP contribution in [0.1, 0.15) is 25.7 Å². The molecule has 2 rings (SSSR count). The van der Waals surface area contributed by atoms with Gasteiger partial charge in [-0.1, -0.05) is 5.16 Å². The van der Waals surface area contributed by atoms with E-state index in [0.717, 1.165) is 0 Å². The summed E-state index contributed by atoms with van der Waals surface area (Å²) >= 11 is 0. The van der Waals surface area contributed by atoms with Crippen LogP contribution in [0.4, 0.5) is 13.2 Å². The molecule has 1 unspecified atom stereocenters. The van der Waals surface area contributed by atoms with Gasteiger partial charge >= 0.3 is 0 Å². The van der Waals surface area contributed by atoms with Crippen molar-refractivity contribution in [1.82, 2.24) is 10.1 Å². The maximum Gasteiger partial charge on any atom is 0.263 e. The first-order valence-electron chi connectivity index (χ1n) is 6.24. The van der Waals surface area contributed by atoms with Crippen molar-refractivity contribution < 1.29 is 22.4 Å². The molecule has 0 aliphatic heterocycles. The third-order valence-electron chi connectivity index (χ3n) is 2.60. The Labute approximate surface area is 118 Å². The van der Waals surface area contributed by atoms with Crippen molar-refractivity contribution >= 4 is 0 Å². The number of ether oxygens (including phenoxy) is 1. The number of benzene rings is 1. The van der Waals surface area contributed by atoms with E-state index in [4.69, 9.17) is 15.0 Å². The van der Waals surface area contributed by atoms with E-state index in [1.54, 1.807) is 0 Å². The summed E-state index contributed by atoms with van der Waals surface area (Å²) in [6.45, 7) is 3.79. The van der Waals surface area contributed by atoms with Crippen LogP contribution in [-0.4, -0.2) is 22.9 Å². The highest BCUT2D eigenvalue weighted by Crippen LogP contribution is 2.26. The second kappa shape index (κ2) is 6.23. The molecule has 0 saturated carbocycles. The Morgan fingerprint density at radius 2 is 1.86 bits per heavy atom. The molecule has 0 fully saturated rings. The maximum atomic E-state index is 13.6. The van der Waals surface area contributed by atoms with E-state index in [2.05, 4.69) is 10.1 Å². The van der Waals surface area contributed by atoms with Crippen molar-refractivity contribution in [3.8, 4) is 11.5 Å². The monoisotopic (exact) mass is 301 g/mol. The van der Waals surface area contributed by atoms with Crippen molar-refractivity contribution in [2.75, 3.05) is 6.61 Å². The molecule has 0 spiro atoms. The van der Waals surface area contributed by atoms with Crippen LogP contribution >= 0.6 is 0 Å². The van der Waals surface area contributed by atoms with E-state index in [1.807, 2.05) is 13.8 Å². The van der Waals surface area contributed by atoms with Crippen molar-refractivity contribution in [3.05, 3.63) is 35.4 Å². The van der Waals surface area contributed by atoms with Gasteiger partial charge in [0.15, 0.2) is 5.82 Å². The van der Waals surface area contributed by atoms with Crippen LogP contribution in [-0.2, 0) is 4.74 Å². The van der Waals surface area contributed by atoms with Crippen LogP contribution in [0.15, 0.2) is 16.7 Å². The summed E-state index contributed by atoms with van der Waals surface area (Å²) < 4.78 is 50.1. The maximum absolute atomic E-state index is 13.6. The fraction of sp³-hybridized carbons (Fsp3) is 0.385. The number of rotatable bonds is 5. The summed E-state index contributed by atoms with van der Waals surface area (Å²) in [4.78, 5) is 3.82.